The topological polar surface area (TPSA) is 78.0 Å². The largest absolute Gasteiger partial charge is 0.495 e. The lowest BCUT2D eigenvalue weighted by Gasteiger charge is -2.31. The standard InChI is InChI=1S/C24H27ClN2O5S2/c1-30-20-6-4-16(13-22(20)32-3)12-18-15-33-24(26-18)27-10-8-19(9-11-27)34(28,29)23-14-17(25)5-7-21(23)31-2/h4-7,13-15,19H,8-12H2,1-3H3. The second kappa shape index (κ2) is 10.4. The number of hydrogen-bond acceptors (Lipinski definition) is 8. The molecule has 0 unspecified atom stereocenters. The third-order valence-electron chi connectivity index (χ3n) is 5.96. The van der Waals surface area contributed by atoms with Crippen molar-refractivity contribution in [3.63, 3.8) is 0 Å². The van der Waals surface area contributed by atoms with Gasteiger partial charge in [-0.2, -0.15) is 0 Å². The smallest absolute Gasteiger partial charge is 0.185 e. The van der Waals surface area contributed by atoms with Crippen molar-refractivity contribution >= 4 is 37.9 Å². The normalized spacial score (nSPS) is 14.8. The molecular formula is C24H27ClN2O5S2. The van der Waals surface area contributed by atoms with E-state index in [0.29, 0.717) is 54.6 Å². The first-order valence-corrected chi connectivity index (χ1v) is 13.6. The van der Waals surface area contributed by atoms with Gasteiger partial charge in [-0.25, -0.2) is 13.4 Å². The van der Waals surface area contributed by atoms with E-state index in [2.05, 4.69) is 4.90 Å². The highest BCUT2D eigenvalue weighted by Gasteiger charge is 2.34. The van der Waals surface area contributed by atoms with Gasteiger partial charge in [0, 0.05) is 29.9 Å². The number of nitrogens with zero attached hydrogens (tertiary/aromatic N) is 2. The van der Waals surface area contributed by atoms with Gasteiger partial charge in [-0.1, -0.05) is 17.7 Å². The van der Waals surface area contributed by atoms with Crippen molar-refractivity contribution < 1.29 is 22.6 Å². The molecule has 0 amide bonds. The van der Waals surface area contributed by atoms with Gasteiger partial charge in [-0.05, 0) is 48.7 Å². The third-order valence-corrected chi connectivity index (χ3v) is 9.42. The first kappa shape index (κ1) is 24.6. The van der Waals surface area contributed by atoms with Gasteiger partial charge in [-0.3, -0.25) is 0 Å². The van der Waals surface area contributed by atoms with Gasteiger partial charge in [0.15, 0.2) is 26.5 Å². The second-order valence-electron chi connectivity index (χ2n) is 8.01. The highest BCUT2D eigenvalue weighted by atomic mass is 35.5. The minimum absolute atomic E-state index is 0.160. The number of rotatable bonds is 8. The summed E-state index contributed by atoms with van der Waals surface area (Å²) < 4.78 is 42.5. The molecule has 0 saturated carbocycles. The van der Waals surface area contributed by atoms with E-state index in [-0.39, 0.29) is 4.90 Å². The van der Waals surface area contributed by atoms with Crippen molar-refractivity contribution in [1.82, 2.24) is 4.98 Å². The number of halogens is 1. The van der Waals surface area contributed by atoms with E-state index < -0.39 is 15.1 Å². The first-order valence-electron chi connectivity index (χ1n) is 10.8. The van der Waals surface area contributed by atoms with Crippen LogP contribution in [0.3, 0.4) is 0 Å². The van der Waals surface area contributed by atoms with Gasteiger partial charge in [0.05, 0.1) is 32.3 Å². The van der Waals surface area contributed by atoms with Crippen molar-refractivity contribution in [3.05, 3.63) is 58.1 Å². The van der Waals surface area contributed by atoms with Gasteiger partial charge >= 0.3 is 0 Å². The Labute approximate surface area is 209 Å². The Balaban J connectivity index is 1.42. The molecule has 0 aliphatic carbocycles. The lowest BCUT2D eigenvalue weighted by atomic mass is 10.1. The van der Waals surface area contributed by atoms with Crippen molar-refractivity contribution in [2.75, 3.05) is 39.3 Å². The van der Waals surface area contributed by atoms with Gasteiger partial charge < -0.3 is 19.1 Å². The zero-order chi connectivity index (χ0) is 24.3. The molecule has 1 saturated heterocycles. The van der Waals surface area contributed by atoms with Crippen LogP contribution in [0.25, 0.3) is 0 Å². The molecule has 1 aromatic heterocycles. The molecule has 10 heteroatoms. The molecule has 1 aliphatic heterocycles. The quantitative estimate of drug-likeness (QED) is 0.418. The van der Waals surface area contributed by atoms with Crippen LogP contribution in [0.4, 0.5) is 5.13 Å². The maximum absolute atomic E-state index is 13.3. The summed E-state index contributed by atoms with van der Waals surface area (Å²) >= 11 is 7.64. The molecule has 0 bridgehead atoms. The minimum atomic E-state index is -3.56. The van der Waals surface area contributed by atoms with Crippen LogP contribution in [-0.4, -0.2) is 53.1 Å². The SMILES string of the molecule is COc1ccc(Cc2csc(N3CCC(S(=O)(=O)c4cc(Cl)ccc4OC)CC3)n2)cc1OC. The van der Waals surface area contributed by atoms with Crippen LogP contribution in [0.5, 0.6) is 17.2 Å². The molecule has 2 aromatic carbocycles. The van der Waals surface area contributed by atoms with E-state index in [9.17, 15) is 8.42 Å². The van der Waals surface area contributed by atoms with Crippen LogP contribution in [-0.2, 0) is 16.3 Å². The first-order chi connectivity index (χ1) is 16.3. The Morgan fingerprint density at radius 1 is 1.00 bits per heavy atom. The number of methoxy groups -OCH3 is 3. The van der Waals surface area contributed by atoms with Crippen LogP contribution in [0.1, 0.15) is 24.1 Å². The number of benzene rings is 2. The number of piperidine rings is 1. The van der Waals surface area contributed by atoms with E-state index in [1.54, 1.807) is 37.7 Å². The number of anilines is 1. The maximum Gasteiger partial charge on any atom is 0.185 e. The van der Waals surface area contributed by atoms with Crippen LogP contribution < -0.4 is 19.1 Å². The van der Waals surface area contributed by atoms with Crippen LogP contribution in [0.2, 0.25) is 5.02 Å². The highest BCUT2D eigenvalue weighted by Crippen LogP contribution is 2.35. The molecule has 0 N–H and O–H groups in total. The van der Waals surface area contributed by atoms with E-state index in [4.69, 9.17) is 30.8 Å². The monoisotopic (exact) mass is 522 g/mol. The summed E-state index contributed by atoms with van der Waals surface area (Å²) in [6.45, 7) is 1.24. The molecule has 1 aliphatic rings. The van der Waals surface area contributed by atoms with Crippen LogP contribution in [0.15, 0.2) is 46.7 Å². The fraction of sp³-hybridized carbons (Fsp3) is 0.375. The Morgan fingerprint density at radius 2 is 1.68 bits per heavy atom. The predicted molar refractivity (Wildman–Crippen MR) is 135 cm³/mol. The fourth-order valence-electron chi connectivity index (χ4n) is 4.13. The predicted octanol–water partition coefficient (Wildman–Crippen LogP) is 4.86. The summed E-state index contributed by atoms with van der Waals surface area (Å²) in [6.07, 6.45) is 1.71. The van der Waals surface area contributed by atoms with Gasteiger partial charge in [0.25, 0.3) is 0 Å². The molecule has 182 valence electrons. The average Bonchev–Trinajstić information content (AvgIpc) is 3.32. The molecule has 1 fully saturated rings. The van der Waals surface area contributed by atoms with E-state index in [1.807, 2.05) is 23.6 Å². The Hall–Kier alpha value is -2.49. The zero-order valence-corrected chi connectivity index (χ0v) is 21.7. The Morgan fingerprint density at radius 3 is 2.35 bits per heavy atom. The minimum Gasteiger partial charge on any atom is -0.495 e. The molecular weight excluding hydrogens is 496 g/mol. The van der Waals surface area contributed by atoms with Gasteiger partial charge in [-0.15, -0.1) is 11.3 Å². The van der Waals surface area contributed by atoms with Crippen LogP contribution in [0, 0.1) is 0 Å². The molecule has 3 aromatic rings. The number of sulfone groups is 1. The highest BCUT2D eigenvalue weighted by molar-refractivity contribution is 7.92. The fourth-order valence-corrected chi connectivity index (χ4v) is 7.16. The third kappa shape index (κ3) is 5.11. The summed E-state index contributed by atoms with van der Waals surface area (Å²) in [7, 11) is 1.14. The summed E-state index contributed by atoms with van der Waals surface area (Å²) in [5, 5.41) is 2.85. The van der Waals surface area contributed by atoms with Crippen LogP contribution >= 0.6 is 22.9 Å². The van der Waals surface area contributed by atoms with Crippen molar-refractivity contribution in [1.29, 1.82) is 0 Å². The average molecular weight is 523 g/mol. The van der Waals surface area contributed by atoms with Crippen molar-refractivity contribution in [3.8, 4) is 17.2 Å². The van der Waals surface area contributed by atoms with Crippen molar-refractivity contribution in [2.24, 2.45) is 0 Å². The summed E-state index contributed by atoms with van der Waals surface area (Å²) in [5.41, 5.74) is 2.04. The summed E-state index contributed by atoms with van der Waals surface area (Å²) in [6, 6.07) is 10.5. The number of ether oxygens (including phenoxy) is 3. The lowest BCUT2D eigenvalue weighted by molar-refractivity contribution is 0.354. The molecule has 0 radical (unpaired) electrons. The number of aromatic nitrogens is 1. The van der Waals surface area contributed by atoms with Crippen molar-refractivity contribution in [2.45, 2.75) is 29.4 Å². The van der Waals surface area contributed by atoms with E-state index >= 15 is 0 Å². The second-order valence-corrected chi connectivity index (χ2v) is 11.5. The summed E-state index contributed by atoms with van der Waals surface area (Å²) in [4.78, 5) is 7.11. The van der Waals surface area contributed by atoms with E-state index in [1.165, 1.54) is 13.2 Å². The molecule has 2 heterocycles. The Bertz CT molecular complexity index is 1250. The molecule has 7 nitrogen and oxygen atoms in total. The maximum atomic E-state index is 13.3. The Kier molecular flexibility index (Phi) is 7.54. The van der Waals surface area contributed by atoms with E-state index in [0.717, 1.165) is 16.4 Å². The zero-order valence-electron chi connectivity index (χ0n) is 19.3. The number of thiazole rings is 1. The molecule has 0 atom stereocenters. The summed E-state index contributed by atoms with van der Waals surface area (Å²) in [5.74, 6) is 1.71. The lowest BCUT2D eigenvalue weighted by Crippen LogP contribution is -2.39. The molecule has 4 rings (SSSR count). The van der Waals surface area contributed by atoms with Gasteiger partial charge in [0.2, 0.25) is 0 Å². The molecule has 34 heavy (non-hydrogen) atoms. The number of hydrogen-bond donors (Lipinski definition) is 0. The van der Waals surface area contributed by atoms with Gasteiger partial charge in [0.1, 0.15) is 10.6 Å². The molecule has 0 spiro atoms.